The Labute approximate surface area is 242 Å². The summed E-state index contributed by atoms with van der Waals surface area (Å²) in [5.74, 6) is 2.31. The Morgan fingerprint density at radius 1 is 0.500 bits per heavy atom. The van der Waals surface area contributed by atoms with Gasteiger partial charge in [-0.1, -0.05) is 181 Å². The molecule has 226 valence electrons. The highest BCUT2D eigenvalue weighted by Gasteiger charge is 2.13. The van der Waals surface area contributed by atoms with Gasteiger partial charge < -0.3 is 4.99 Å². The molecule has 0 amide bonds. The Bertz CT molecular complexity index is 493. The molecule has 0 fully saturated rings. The van der Waals surface area contributed by atoms with Gasteiger partial charge in [0.15, 0.2) is 0 Å². The maximum Gasteiger partial charge on any atom is 0.0273 e. The number of rotatable bonds is 30. The first-order valence-electron chi connectivity index (χ1n) is 17.7. The summed E-state index contributed by atoms with van der Waals surface area (Å²) in [6.45, 7) is 9.47. The van der Waals surface area contributed by atoms with E-state index >= 15 is 0 Å². The van der Waals surface area contributed by atoms with E-state index in [0.29, 0.717) is 5.92 Å². The lowest BCUT2D eigenvalue weighted by Crippen LogP contribution is -2.12. The van der Waals surface area contributed by atoms with Crippen molar-refractivity contribution < 1.29 is 0 Å². The predicted molar refractivity (Wildman–Crippen MR) is 177 cm³/mol. The highest BCUT2D eigenvalue weighted by molar-refractivity contribution is 5.60. The van der Waals surface area contributed by atoms with Gasteiger partial charge in [0.25, 0.3) is 0 Å². The van der Waals surface area contributed by atoms with Crippen molar-refractivity contribution in [2.24, 2.45) is 22.7 Å². The van der Waals surface area contributed by atoms with Crippen LogP contribution in [0.4, 0.5) is 0 Å². The summed E-state index contributed by atoms with van der Waals surface area (Å²) in [5.41, 5.74) is 0. The van der Waals surface area contributed by atoms with Crippen molar-refractivity contribution in [3.63, 3.8) is 0 Å². The number of hydrogen-bond acceptors (Lipinski definition) is 1. The fraction of sp³-hybridized carbons (Fsp3) is 0.919. The van der Waals surface area contributed by atoms with Crippen LogP contribution in [0, 0.1) is 17.8 Å². The average molecular weight is 532 g/mol. The second-order valence-electron chi connectivity index (χ2n) is 12.7. The fourth-order valence-electron chi connectivity index (χ4n) is 5.94. The molecule has 1 nitrogen and oxygen atoms in total. The molecule has 0 aromatic carbocycles. The van der Waals surface area contributed by atoms with Gasteiger partial charge in [-0.15, -0.1) is 0 Å². The van der Waals surface area contributed by atoms with E-state index in [1.807, 2.05) is 7.05 Å². The third kappa shape index (κ3) is 27.0. The predicted octanol–water partition coefficient (Wildman–Crippen LogP) is 13.3. The van der Waals surface area contributed by atoms with Crippen LogP contribution in [0.3, 0.4) is 0 Å². The molecule has 0 bridgehead atoms. The molecule has 3 atom stereocenters. The third-order valence-corrected chi connectivity index (χ3v) is 8.78. The molecule has 0 rings (SSSR count). The summed E-state index contributed by atoms with van der Waals surface area (Å²) in [7, 11) is 1.93. The fourth-order valence-corrected chi connectivity index (χ4v) is 5.94. The molecule has 0 N–H and O–H groups in total. The molecule has 0 aromatic heterocycles. The van der Waals surface area contributed by atoms with Crippen LogP contribution >= 0.6 is 0 Å². The van der Waals surface area contributed by atoms with E-state index in [2.05, 4.69) is 51.1 Å². The third-order valence-electron chi connectivity index (χ3n) is 8.78. The van der Waals surface area contributed by atoms with Crippen molar-refractivity contribution in [3.05, 3.63) is 12.2 Å². The topological polar surface area (TPSA) is 12.4 Å². The van der Waals surface area contributed by atoms with Crippen LogP contribution in [0.1, 0.15) is 195 Å². The van der Waals surface area contributed by atoms with E-state index in [9.17, 15) is 0 Å². The quantitative estimate of drug-likeness (QED) is 0.0496. The van der Waals surface area contributed by atoms with E-state index in [1.165, 1.54) is 167 Å². The summed E-state index contributed by atoms with van der Waals surface area (Å²) in [4.78, 5) is 4.34. The summed E-state index contributed by atoms with van der Waals surface area (Å²) in [6, 6.07) is 0. The van der Waals surface area contributed by atoms with E-state index in [0.717, 1.165) is 11.8 Å². The Hall–Kier alpha value is -0.590. The molecular formula is C37H73N. The van der Waals surface area contributed by atoms with Crippen molar-refractivity contribution in [2.45, 2.75) is 195 Å². The zero-order valence-corrected chi connectivity index (χ0v) is 27.3. The molecule has 1 heteroatoms. The van der Waals surface area contributed by atoms with Gasteiger partial charge in [0.1, 0.15) is 0 Å². The van der Waals surface area contributed by atoms with Crippen LogP contribution in [0.25, 0.3) is 0 Å². The Morgan fingerprint density at radius 2 is 0.921 bits per heavy atom. The maximum atomic E-state index is 4.34. The molecule has 0 aliphatic heterocycles. The second-order valence-corrected chi connectivity index (χ2v) is 12.7. The van der Waals surface area contributed by atoms with Crippen molar-refractivity contribution in [1.29, 1.82) is 0 Å². The van der Waals surface area contributed by atoms with Crippen molar-refractivity contribution in [2.75, 3.05) is 7.05 Å². The molecular weight excluding hydrogens is 458 g/mol. The minimum absolute atomic E-state index is 0.603. The normalized spacial score (nSPS) is 14.6. The van der Waals surface area contributed by atoms with Gasteiger partial charge in [0.2, 0.25) is 0 Å². The van der Waals surface area contributed by atoms with Gasteiger partial charge in [-0.3, -0.25) is 0 Å². The summed E-state index contributed by atoms with van der Waals surface area (Å²) in [5, 5.41) is 0. The van der Waals surface area contributed by atoms with Crippen LogP contribution < -0.4 is 0 Å². The van der Waals surface area contributed by atoms with Crippen molar-refractivity contribution >= 4 is 6.21 Å². The smallest absolute Gasteiger partial charge is 0.0273 e. The van der Waals surface area contributed by atoms with Gasteiger partial charge >= 0.3 is 0 Å². The van der Waals surface area contributed by atoms with E-state index < -0.39 is 0 Å². The zero-order valence-electron chi connectivity index (χ0n) is 27.3. The molecule has 0 saturated carbocycles. The van der Waals surface area contributed by atoms with Crippen molar-refractivity contribution in [3.8, 4) is 0 Å². The summed E-state index contributed by atoms with van der Waals surface area (Å²) >= 11 is 0. The molecule has 0 heterocycles. The molecule has 0 aliphatic rings. The standard InChI is InChI=1S/C37H73N/c1-6-8-10-12-14-16-17-19-24-28-32-37(36(4)34-38-5)33-29-25-21-20-23-27-31-35(3)30-26-22-18-15-13-11-9-7-2/h24,28,34-37H,6-23,25-27,29-33H2,1-5H3/b28-24-,38-34?. The van der Waals surface area contributed by atoms with Crippen molar-refractivity contribution in [1.82, 2.24) is 0 Å². The van der Waals surface area contributed by atoms with Gasteiger partial charge in [0.05, 0.1) is 0 Å². The SMILES string of the molecule is CCCCCCCCC/C=C\CC(CCCCCCCCC(C)CCCCCCCCCC)C(C)C=NC. The highest BCUT2D eigenvalue weighted by Crippen LogP contribution is 2.24. The first-order valence-corrected chi connectivity index (χ1v) is 17.7. The number of allylic oxidation sites excluding steroid dienone is 2. The lowest BCUT2D eigenvalue weighted by molar-refractivity contribution is 0.394. The monoisotopic (exact) mass is 532 g/mol. The highest BCUT2D eigenvalue weighted by atomic mass is 14.6. The van der Waals surface area contributed by atoms with Gasteiger partial charge in [0, 0.05) is 13.3 Å². The second kappa shape index (κ2) is 30.9. The minimum Gasteiger partial charge on any atom is -0.301 e. The zero-order chi connectivity index (χ0) is 27.9. The Kier molecular flexibility index (Phi) is 30.5. The minimum atomic E-state index is 0.603. The van der Waals surface area contributed by atoms with Gasteiger partial charge in [-0.2, -0.15) is 0 Å². The average Bonchev–Trinajstić information content (AvgIpc) is 2.91. The van der Waals surface area contributed by atoms with E-state index in [4.69, 9.17) is 0 Å². The molecule has 0 aromatic rings. The molecule has 0 saturated heterocycles. The number of aliphatic imine (C=N–C) groups is 1. The number of unbranched alkanes of at least 4 members (excludes halogenated alkanes) is 19. The van der Waals surface area contributed by atoms with E-state index in [1.54, 1.807) is 0 Å². The van der Waals surface area contributed by atoms with Gasteiger partial charge in [-0.25, -0.2) is 0 Å². The van der Waals surface area contributed by atoms with Crippen LogP contribution in [0.15, 0.2) is 17.1 Å². The lowest BCUT2D eigenvalue weighted by Gasteiger charge is -2.19. The lowest BCUT2D eigenvalue weighted by atomic mass is 9.86. The Balaban J connectivity index is 3.76. The maximum absolute atomic E-state index is 4.34. The molecule has 0 aliphatic carbocycles. The number of nitrogens with zero attached hydrogens (tertiary/aromatic N) is 1. The molecule has 0 radical (unpaired) electrons. The van der Waals surface area contributed by atoms with Crippen LogP contribution in [-0.4, -0.2) is 13.3 Å². The van der Waals surface area contributed by atoms with Crippen LogP contribution in [0.2, 0.25) is 0 Å². The Morgan fingerprint density at radius 3 is 1.39 bits per heavy atom. The first-order chi connectivity index (χ1) is 18.7. The summed E-state index contributed by atoms with van der Waals surface area (Å²) in [6.07, 6.45) is 44.0. The van der Waals surface area contributed by atoms with Crippen LogP contribution in [0.5, 0.6) is 0 Å². The molecule has 38 heavy (non-hydrogen) atoms. The van der Waals surface area contributed by atoms with Gasteiger partial charge in [-0.05, 0) is 43.4 Å². The molecule has 0 spiro atoms. The summed E-state index contributed by atoms with van der Waals surface area (Å²) < 4.78 is 0. The van der Waals surface area contributed by atoms with Crippen LogP contribution in [-0.2, 0) is 0 Å². The molecule has 3 unspecified atom stereocenters. The largest absolute Gasteiger partial charge is 0.301 e. The first kappa shape index (κ1) is 37.4. The van der Waals surface area contributed by atoms with E-state index in [-0.39, 0.29) is 0 Å². The number of hydrogen-bond donors (Lipinski definition) is 0.